The average molecular weight is 518 g/mol. The molecule has 0 aromatic heterocycles. The molecule has 1 amide bonds. The van der Waals surface area contributed by atoms with Gasteiger partial charge in [-0.05, 0) is 79.3 Å². The molecule has 0 spiro atoms. The van der Waals surface area contributed by atoms with Crippen LogP contribution in [0.2, 0.25) is 0 Å². The number of hydrogen-bond acceptors (Lipinski definition) is 5. The average Bonchev–Trinajstić information content (AvgIpc) is 2.83. The van der Waals surface area contributed by atoms with Gasteiger partial charge in [-0.1, -0.05) is 65.1 Å². The van der Waals surface area contributed by atoms with Crippen molar-refractivity contribution in [3.05, 3.63) is 83.4 Å². The monoisotopic (exact) mass is 517 g/mol. The summed E-state index contributed by atoms with van der Waals surface area (Å²) in [5.74, 6) is -1.79. The van der Waals surface area contributed by atoms with Crippen LogP contribution in [0.3, 0.4) is 0 Å². The van der Waals surface area contributed by atoms with Crippen LogP contribution >= 0.6 is 0 Å². The Morgan fingerprint density at radius 1 is 0.921 bits per heavy atom. The Morgan fingerprint density at radius 2 is 1.55 bits per heavy atom. The number of anilines is 1. The van der Waals surface area contributed by atoms with Crippen molar-refractivity contribution < 1.29 is 23.9 Å². The Hall–Kier alpha value is -3.67. The molecule has 0 saturated carbocycles. The van der Waals surface area contributed by atoms with Gasteiger partial charge in [-0.3, -0.25) is 4.79 Å². The van der Waals surface area contributed by atoms with Crippen molar-refractivity contribution in [3.63, 3.8) is 0 Å². The van der Waals surface area contributed by atoms with Crippen LogP contribution in [0.1, 0.15) is 98.7 Å². The van der Waals surface area contributed by atoms with Crippen molar-refractivity contribution >= 4 is 29.1 Å². The molecule has 1 aliphatic carbocycles. The fourth-order valence-electron chi connectivity index (χ4n) is 4.63. The molecule has 2 aromatic rings. The van der Waals surface area contributed by atoms with Crippen LogP contribution in [-0.4, -0.2) is 30.1 Å². The lowest BCUT2D eigenvalue weighted by molar-refractivity contribution is -0.111. The van der Waals surface area contributed by atoms with E-state index in [1.807, 2.05) is 6.07 Å². The number of rotatable bonds is 7. The van der Waals surface area contributed by atoms with Crippen molar-refractivity contribution in [1.29, 1.82) is 0 Å². The number of amides is 1. The molecule has 6 heteroatoms. The van der Waals surface area contributed by atoms with E-state index in [4.69, 9.17) is 9.47 Å². The Kier molecular flexibility index (Phi) is 8.06. The summed E-state index contributed by atoms with van der Waals surface area (Å²) in [5.41, 5.74) is 3.23. The van der Waals surface area contributed by atoms with E-state index in [0.29, 0.717) is 11.3 Å². The third kappa shape index (κ3) is 6.42. The highest BCUT2D eigenvalue weighted by Gasteiger charge is 2.37. The Bertz CT molecular complexity index is 1290. The van der Waals surface area contributed by atoms with E-state index in [2.05, 4.69) is 58.3 Å². The first kappa shape index (κ1) is 28.9. The van der Waals surface area contributed by atoms with E-state index in [1.165, 1.54) is 29.3 Å². The van der Waals surface area contributed by atoms with Crippen LogP contribution in [0.5, 0.6) is 0 Å². The first-order valence-corrected chi connectivity index (χ1v) is 12.9. The van der Waals surface area contributed by atoms with Crippen LogP contribution < -0.4 is 5.32 Å². The van der Waals surface area contributed by atoms with E-state index in [1.54, 1.807) is 26.8 Å². The number of ether oxygens (including phenoxy) is 2. The van der Waals surface area contributed by atoms with Gasteiger partial charge in [0.1, 0.15) is 12.2 Å². The smallest absolute Gasteiger partial charge is 0.339 e. The number of carbonyl (C=O) groups excluding carboxylic acids is 3. The zero-order valence-electron chi connectivity index (χ0n) is 23.6. The van der Waals surface area contributed by atoms with Crippen molar-refractivity contribution in [2.24, 2.45) is 0 Å². The highest BCUT2D eigenvalue weighted by atomic mass is 16.6. The van der Waals surface area contributed by atoms with Crippen LogP contribution in [0.25, 0.3) is 5.57 Å². The molecule has 6 nitrogen and oxygen atoms in total. The third-order valence-corrected chi connectivity index (χ3v) is 6.92. The van der Waals surface area contributed by atoms with Gasteiger partial charge in [0.05, 0.1) is 11.1 Å². The van der Waals surface area contributed by atoms with Crippen LogP contribution in [0, 0.1) is 0 Å². The summed E-state index contributed by atoms with van der Waals surface area (Å²) in [6.07, 6.45) is 3.60. The zero-order valence-corrected chi connectivity index (χ0v) is 23.6. The summed E-state index contributed by atoms with van der Waals surface area (Å²) in [7, 11) is 0. The summed E-state index contributed by atoms with van der Waals surface area (Å²) in [6, 6.07) is 10.5. The highest BCUT2D eigenvalue weighted by Crippen LogP contribution is 2.46. The lowest BCUT2D eigenvalue weighted by Gasteiger charge is -2.42. The van der Waals surface area contributed by atoms with E-state index in [0.717, 1.165) is 18.4 Å². The number of nitrogens with one attached hydrogen (secondary N) is 1. The normalized spacial score (nSPS) is 15.6. The van der Waals surface area contributed by atoms with Gasteiger partial charge in [0.25, 0.3) is 5.91 Å². The first-order valence-electron chi connectivity index (χ1n) is 12.9. The summed E-state index contributed by atoms with van der Waals surface area (Å²) in [5, 5.41) is 2.81. The van der Waals surface area contributed by atoms with E-state index in [9.17, 15) is 14.4 Å². The topological polar surface area (TPSA) is 81.7 Å². The summed E-state index contributed by atoms with van der Waals surface area (Å²) in [6.45, 7) is 21.7. The third-order valence-electron chi connectivity index (χ3n) is 6.92. The van der Waals surface area contributed by atoms with Crippen LogP contribution in [0.4, 0.5) is 5.69 Å². The summed E-state index contributed by atoms with van der Waals surface area (Å²) < 4.78 is 10.6. The number of fused-ring (bicyclic) bond motifs is 1. The predicted octanol–water partition coefficient (Wildman–Crippen LogP) is 6.99. The second-order valence-corrected chi connectivity index (χ2v) is 12.1. The number of esters is 2. The molecule has 0 bridgehead atoms. The summed E-state index contributed by atoms with van der Waals surface area (Å²) in [4.78, 5) is 38.7. The maximum atomic E-state index is 13.2. The van der Waals surface area contributed by atoms with Crippen molar-refractivity contribution in [3.8, 4) is 0 Å². The van der Waals surface area contributed by atoms with Crippen LogP contribution in [0.15, 0.2) is 55.6 Å². The molecule has 0 unspecified atom stereocenters. The van der Waals surface area contributed by atoms with Crippen LogP contribution in [-0.2, 0) is 25.1 Å². The van der Waals surface area contributed by atoms with E-state index >= 15 is 0 Å². The molecule has 0 saturated heterocycles. The second-order valence-electron chi connectivity index (χ2n) is 12.1. The fourth-order valence-corrected chi connectivity index (χ4v) is 4.63. The minimum absolute atomic E-state index is 0.000328. The number of carbonyl (C=O) groups is 3. The second kappa shape index (κ2) is 10.6. The van der Waals surface area contributed by atoms with Gasteiger partial charge >= 0.3 is 11.9 Å². The van der Waals surface area contributed by atoms with Crippen molar-refractivity contribution in [1.82, 2.24) is 0 Å². The Labute approximate surface area is 226 Å². The fraction of sp³-hybridized carbons (Fsp3) is 0.406. The Morgan fingerprint density at radius 3 is 2.16 bits per heavy atom. The molecule has 3 rings (SSSR count). The van der Waals surface area contributed by atoms with Crippen molar-refractivity contribution in [2.75, 3.05) is 11.9 Å². The molecule has 2 aromatic carbocycles. The van der Waals surface area contributed by atoms with Gasteiger partial charge in [0, 0.05) is 11.3 Å². The maximum Gasteiger partial charge on any atom is 0.339 e. The Balaban J connectivity index is 1.90. The molecule has 0 fully saturated rings. The quantitative estimate of drug-likeness (QED) is 0.243. The van der Waals surface area contributed by atoms with Gasteiger partial charge in [0.15, 0.2) is 0 Å². The molecule has 202 valence electrons. The zero-order chi connectivity index (χ0) is 28.5. The van der Waals surface area contributed by atoms with E-state index in [-0.39, 0.29) is 28.6 Å². The summed E-state index contributed by atoms with van der Waals surface area (Å²) >= 11 is 0. The maximum absolute atomic E-state index is 13.2. The molecular formula is C32H39NO5. The lowest BCUT2D eigenvalue weighted by atomic mass is 9.63. The van der Waals surface area contributed by atoms with Gasteiger partial charge in [-0.25, -0.2) is 9.59 Å². The van der Waals surface area contributed by atoms with Gasteiger partial charge in [-0.2, -0.15) is 0 Å². The molecule has 0 heterocycles. The number of hydrogen-bond donors (Lipinski definition) is 1. The van der Waals surface area contributed by atoms with Gasteiger partial charge in [-0.15, -0.1) is 0 Å². The van der Waals surface area contributed by atoms with Crippen molar-refractivity contribution in [2.45, 2.75) is 77.7 Å². The standard InChI is InChI=1S/C32H39NO5/c1-10-17-37-28(35)23-13-12-22(19-24(23)29(36)38-30(3,4)5)33-27(34)20(2)21-11-14-25-26(18-21)32(8,9)16-15-31(25,6)7/h10-14,18-19H,1-2,15-17H2,3-9H3,(H,33,34). The molecule has 0 aliphatic heterocycles. The minimum Gasteiger partial charge on any atom is -0.458 e. The molecule has 1 aliphatic rings. The molecular weight excluding hydrogens is 478 g/mol. The van der Waals surface area contributed by atoms with Gasteiger partial charge < -0.3 is 14.8 Å². The molecule has 0 radical (unpaired) electrons. The van der Waals surface area contributed by atoms with Gasteiger partial charge in [0.2, 0.25) is 0 Å². The predicted molar refractivity (Wildman–Crippen MR) is 151 cm³/mol. The minimum atomic E-state index is -0.776. The molecule has 0 atom stereocenters. The number of benzene rings is 2. The highest BCUT2D eigenvalue weighted by molar-refractivity contribution is 6.24. The first-order chi connectivity index (χ1) is 17.6. The molecule has 38 heavy (non-hydrogen) atoms. The largest absolute Gasteiger partial charge is 0.458 e. The van der Waals surface area contributed by atoms with E-state index < -0.39 is 23.4 Å². The molecule has 1 N–H and O–H groups in total. The lowest BCUT2D eigenvalue weighted by Crippen LogP contribution is -2.34. The SMILES string of the molecule is C=CCOC(=O)c1ccc(NC(=O)C(=C)c2ccc3c(c2)C(C)(C)CCC3(C)C)cc1C(=O)OC(C)(C)C.